The Balaban J connectivity index is 2.04. The molecule has 0 spiro atoms. The summed E-state index contributed by atoms with van der Waals surface area (Å²) < 4.78 is 21.0. The van der Waals surface area contributed by atoms with Crippen molar-refractivity contribution in [3.05, 3.63) is 52.7 Å². The van der Waals surface area contributed by atoms with E-state index in [1.807, 2.05) is 16.7 Å². The molecular formula is C14H12FN3OS. The molecule has 0 aliphatic heterocycles. The third-order valence-electron chi connectivity index (χ3n) is 3.11. The number of nitrogens with zero attached hydrogens (tertiary/aromatic N) is 2. The summed E-state index contributed by atoms with van der Waals surface area (Å²) in [6.45, 7) is 0.527. The minimum Gasteiger partial charge on any atom is -0.481 e. The van der Waals surface area contributed by atoms with Gasteiger partial charge in [0.05, 0.1) is 19.2 Å². The van der Waals surface area contributed by atoms with Gasteiger partial charge in [0.15, 0.2) is 4.77 Å². The third kappa shape index (κ3) is 2.18. The fourth-order valence-corrected chi connectivity index (χ4v) is 2.37. The molecule has 102 valence electrons. The number of hydrogen-bond donors (Lipinski definition) is 1. The van der Waals surface area contributed by atoms with Crippen LogP contribution in [0.25, 0.3) is 11.0 Å². The molecule has 6 heteroatoms. The Morgan fingerprint density at radius 2 is 2.20 bits per heavy atom. The minimum atomic E-state index is -0.305. The van der Waals surface area contributed by atoms with E-state index in [1.54, 1.807) is 25.4 Å². The first kappa shape index (κ1) is 12.8. The van der Waals surface area contributed by atoms with Gasteiger partial charge in [0, 0.05) is 12.3 Å². The van der Waals surface area contributed by atoms with Crippen molar-refractivity contribution in [2.45, 2.75) is 6.54 Å². The Labute approximate surface area is 119 Å². The SMILES string of the molecule is COc1ccc(Cn2c(=S)[nH]c3c(F)cccc32)cn1. The van der Waals surface area contributed by atoms with Crippen molar-refractivity contribution in [3.8, 4) is 5.88 Å². The summed E-state index contributed by atoms with van der Waals surface area (Å²) in [7, 11) is 1.57. The van der Waals surface area contributed by atoms with Crippen LogP contribution in [-0.2, 0) is 6.54 Å². The Morgan fingerprint density at radius 3 is 2.90 bits per heavy atom. The van der Waals surface area contributed by atoms with E-state index in [4.69, 9.17) is 17.0 Å². The lowest BCUT2D eigenvalue weighted by Crippen LogP contribution is -2.00. The number of benzene rings is 1. The van der Waals surface area contributed by atoms with Crippen molar-refractivity contribution >= 4 is 23.3 Å². The molecule has 20 heavy (non-hydrogen) atoms. The number of aromatic nitrogens is 3. The molecule has 0 aliphatic carbocycles. The van der Waals surface area contributed by atoms with Crippen LogP contribution < -0.4 is 4.74 Å². The van der Waals surface area contributed by atoms with E-state index in [0.717, 1.165) is 11.1 Å². The molecule has 0 saturated carbocycles. The molecule has 0 saturated heterocycles. The number of pyridine rings is 1. The van der Waals surface area contributed by atoms with Crippen LogP contribution in [0.4, 0.5) is 4.39 Å². The Kier molecular flexibility index (Phi) is 3.23. The van der Waals surface area contributed by atoms with Gasteiger partial charge in [-0.25, -0.2) is 9.37 Å². The number of ether oxygens (including phenoxy) is 1. The summed E-state index contributed by atoms with van der Waals surface area (Å²) in [6.07, 6.45) is 1.72. The number of halogens is 1. The number of fused-ring (bicyclic) bond motifs is 1. The first-order valence-corrected chi connectivity index (χ1v) is 6.46. The van der Waals surface area contributed by atoms with E-state index in [2.05, 4.69) is 9.97 Å². The van der Waals surface area contributed by atoms with E-state index in [0.29, 0.717) is 22.7 Å². The van der Waals surface area contributed by atoms with Crippen molar-refractivity contribution in [2.24, 2.45) is 0 Å². The smallest absolute Gasteiger partial charge is 0.212 e. The molecule has 3 rings (SSSR count). The van der Waals surface area contributed by atoms with E-state index >= 15 is 0 Å². The van der Waals surface area contributed by atoms with Gasteiger partial charge in [0.1, 0.15) is 11.3 Å². The minimum absolute atomic E-state index is 0.305. The number of imidazole rings is 1. The highest BCUT2D eigenvalue weighted by atomic mass is 32.1. The van der Waals surface area contributed by atoms with E-state index in [1.165, 1.54) is 6.07 Å². The Hall–Kier alpha value is -2.21. The summed E-state index contributed by atoms with van der Waals surface area (Å²) in [5.74, 6) is 0.252. The first-order valence-electron chi connectivity index (χ1n) is 6.05. The highest BCUT2D eigenvalue weighted by Gasteiger charge is 2.08. The highest BCUT2D eigenvalue weighted by molar-refractivity contribution is 7.71. The zero-order valence-electron chi connectivity index (χ0n) is 10.8. The van der Waals surface area contributed by atoms with E-state index in [-0.39, 0.29) is 5.82 Å². The molecule has 0 bridgehead atoms. The fraction of sp³-hybridized carbons (Fsp3) is 0.143. The maximum absolute atomic E-state index is 13.7. The van der Waals surface area contributed by atoms with Crippen molar-refractivity contribution in [1.29, 1.82) is 0 Å². The van der Waals surface area contributed by atoms with Crippen LogP contribution in [0.15, 0.2) is 36.5 Å². The van der Waals surface area contributed by atoms with E-state index in [9.17, 15) is 4.39 Å². The number of para-hydroxylation sites is 1. The average Bonchev–Trinajstić information content (AvgIpc) is 2.78. The lowest BCUT2D eigenvalue weighted by atomic mass is 10.2. The molecule has 0 fully saturated rings. The van der Waals surface area contributed by atoms with Gasteiger partial charge in [0.2, 0.25) is 5.88 Å². The lowest BCUT2D eigenvalue weighted by molar-refractivity contribution is 0.397. The molecule has 3 aromatic rings. The highest BCUT2D eigenvalue weighted by Crippen LogP contribution is 2.19. The number of aromatic amines is 1. The summed E-state index contributed by atoms with van der Waals surface area (Å²) in [5.41, 5.74) is 2.14. The molecule has 2 heterocycles. The van der Waals surface area contributed by atoms with Gasteiger partial charge in [-0.3, -0.25) is 0 Å². The predicted molar refractivity (Wildman–Crippen MR) is 77.0 cm³/mol. The number of rotatable bonds is 3. The summed E-state index contributed by atoms with van der Waals surface area (Å²) in [6, 6.07) is 8.61. The summed E-state index contributed by atoms with van der Waals surface area (Å²) in [5, 5.41) is 0. The normalized spacial score (nSPS) is 10.9. The largest absolute Gasteiger partial charge is 0.481 e. The monoisotopic (exact) mass is 289 g/mol. The van der Waals surface area contributed by atoms with Crippen LogP contribution in [0.2, 0.25) is 0 Å². The second kappa shape index (κ2) is 5.05. The molecule has 0 radical (unpaired) electrons. The number of H-pyrrole nitrogens is 1. The molecule has 0 atom stereocenters. The van der Waals surface area contributed by atoms with Crippen LogP contribution in [0.3, 0.4) is 0 Å². The standard InChI is InChI=1S/C14H12FN3OS/c1-19-12-6-5-9(7-16-12)8-18-11-4-2-3-10(15)13(11)17-14(18)20/h2-7H,8H2,1H3,(H,17,20). The quantitative estimate of drug-likeness (QED) is 0.752. The molecule has 0 unspecified atom stereocenters. The van der Waals surface area contributed by atoms with Crippen molar-refractivity contribution in [2.75, 3.05) is 7.11 Å². The average molecular weight is 289 g/mol. The maximum Gasteiger partial charge on any atom is 0.212 e. The first-order chi connectivity index (χ1) is 9.69. The van der Waals surface area contributed by atoms with Gasteiger partial charge >= 0.3 is 0 Å². The molecule has 0 aliphatic rings. The Morgan fingerprint density at radius 1 is 1.35 bits per heavy atom. The molecule has 1 aromatic carbocycles. The molecule has 1 N–H and O–H groups in total. The van der Waals surface area contributed by atoms with E-state index < -0.39 is 0 Å². The second-order valence-electron chi connectivity index (χ2n) is 4.36. The van der Waals surface area contributed by atoms with Crippen LogP contribution >= 0.6 is 12.2 Å². The molecule has 0 amide bonds. The van der Waals surface area contributed by atoms with Gasteiger partial charge in [-0.2, -0.15) is 0 Å². The second-order valence-corrected chi connectivity index (χ2v) is 4.75. The zero-order chi connectivity index (χ0) is 14.1. The van der Waals surface area contributed by atoms with Gasteiger partial charge < -0.3 is 14.3 Å². The third-order valence-corrected chi connectivity index (χ3v) is 3.43. The van der Waals surface area contributed by atoms with Gasteiger partial charge in [-0.15, -0.1) is 0 Å². The number of methoxy groups -OCH3 is 1. The van der Waals surface area contributed by atoms with Crippen LogP contribution in [0, 0.1) is 10.6 Å². The van der Waals surface area contributed by atoms with Gasteiger partial charge in [-0.1, -0.05) is 12.1 Å². The van der Waals surface area contributed by atoms with Crippen LogP contribution in [-0.4, -0.2) is 21.6 Å². The van der Waals surface area contributed by atoms with Crippen molar-refractivity contribution < 1.29 is 9.13 Å². The zero-order valence-corrected chi connectivity index (χ0v) is 11.6. The number of hydrogen-bond acceptors (Lipinski definition) is 3. The Bertz CT molecular complexity index is 807. The lowest BCUT2D eigenvalue weighted by Gasteiger charge is -2.05. The van der Waals surface area contributed by atoms with Crippen molar-refractivity contribution in [1.82, 2.24) is 14.5 Å². The topological polar surface area (TPSA) is 42.8 Å². The number of nitrogens with one attached hydrogen (secondary N) is 1. The molecule has 2 aromatic heterocycles. The summed E-state index contributed by atoms with van der Waals surface area (Å²) >= 11 is 5.26. The van der Waals surface area contributed by atoms with Crippen LogP contribution in [0.1, 0.15) is 5.56 Å². The predicted octanol–water partition coefficient (Wildman–Crippen LogP) is 3.29. The van der Waals surface area contributed by atoms with Crippen molar-refractivity contribution in [3.63, 3.8) is 0 Å². The van der Waals surface area contributed by atoms with Gasteiger partial charge in [-0.05, 0) is 29.9 Å². The van der Waals surface area contributed by atoms with Gasteiger partial charge in [0.25, 0.3) is 0 Å². The molecular weight excluding hydrogens is 277 g/mol. The summed E-state index contributed by atoms with van der Waals surface area (Å²) in [4.78, 5) is 7.05. The maximum atomic E-state index is 13.7. The fourth-order valence-electron chi connectivity index (χ4n) is 2.11. The molecule has 4 nitrogen and oxygen atoms in total. The van der Waals surface area contributed by atoms with Crippen LogP contribution in [0.5, 0.6) is 5.88 Å².